The van der Waals surface area contributed by atoms with Gasteiger partial charge in [0.15, 0.2) is 5.78 Å². The highest BCUT2D eigenvalue weighted by atomic mass is 16.5. The summed E-state index contributed by atoms with van der Waals surface area (Å²) >= 11 is 0. The number of carbonyl (C=O) groups excluding carboxylic acids is 1. The lowest BCUT2D eigenvalue weighted by Crippen LogP contribution is -2.27. The molecular weight excluding hydrogens is 520 g/mol. The van der Waals surface area contributed by atoms with Crippen LogP contribution in [0.4, 0.5) is 0 Å². The van der Waals surface area contributed by atoms with Crippen LogP contribution in [0.5, 0.6) is 34.5 Å². The first-order chi connectivity index (χ1) is 19.8. The number of ketones is 1. The number of phenols is 4. The van der Waals surface area contributed by atoms with Crippen LogP contribution in [-0.4, -0.2) is 33.3 Å². The fourth-order valence-corrected chi connectivity index (χ4v) is 5.01. The van der Waals surface area contributed by atoms with Crippen LogP contribution in [-0.2, 0) is 6.42 Å². The molecule has 0 saturated carbocycles. The third kappa shape index (κ3) is 6.20. The largest absolute Gasteiger partial charge is 0.508 e. The maximum Gasteiger partial charge on any atom is 0.193 e. The van der Waals surface area contributed by atoms with Crippen molar-refractivity contribution in [2.24, 2.45) is 5.92 Å². The number of benzene rings is 4. The van der Waals surface area contributed by atoms with Gasteiger partial charge >= 0.3 is 0 Å². The maximum atomic E-state index is 13.4. The molecule has 0 radical (unpaired) electrons. The molecule has 208 valence electrons. The summed E-state index contributed by atoms with van der Waals surface area (Å²) in [5.41, 5.74) is 3.19. The van der Waals surface area contributed by atoms with Crippen molar-refractivity contribution < 1.29 is 34.7 Å². The summed E-state index contributed by atoms with van der Waals surface area (Å²) in [5, 5.41) is 39.9. The number of ether oxygens (including phenoxy) is 2. The van der Waals surface area contributed by atoms with E-state index in [0.717, 1.165) is 11.1 Å². The lowest BCUT2D eigenvalue weighted by Gasteiger charge is -2.35. The zero-order chi connectivity index (χ0) is 28.9. The molecule has 0 bridgehead atoms. The Bertz CT molecular complexity index is 1580. The van der Waals surface area contributed by atoms with E-state index in [1.807, 2.05) is 24.3 Å². The number of hydrogen-bond donors (Lipinski definition) is 4. The van der Waals surface area contributed by atoms with E-state index >= 15 is 0 Å². The van der Waals surface area contributed by atoms with Crippen LogP contribution in [0.2, 0.25) is 0 Å². The minimum Gasteiger partial charge on any atom is -0.508 e. The fourth-order valence-electron chi connectivity index (χ4n) is 5.01. The van der Waals surface area contributed by atoms with Crippen molar-refractivity contribution in [3.63, 3.8) is 0 Å². The molecule has 5 rings (SSSR count). The molecule has 0 fully saturated rings. The molecule has 0 aromatic heterocycles. The molecule has 4 aromatic carbocycles. The van der Waals surface area contributed by atoms with Gasteiger partial charge in [-0.2, -0.15) is 0 Å². The maximum absolute atomic E-state index is 13.4. The molecule has 0 amide bonds. The highest BCUT2D eigenvalue weighted by Crippen LogP contribution is 2.49. The summed E-state index contributed by atoms with van der Waals surface area (Å²) in [4.78, 5) is 13.4. The van der Waals surface area contributed by atoms with Crippen LogP contribution < -0.4 is 9.47 Å². The van der Waals surface area contributed by atoms with Crippen molar-refractivity contribution >= 4 is 17.9 Å². The molecule has 0 spiro atoms. The number of methoxy groups -OCH3 is 1. The van der Waals surface area contributed by atoms with Crippen molar-refractivity contribution in [3.8, 4) is 34.5 Å². The molecule has 4 aromatic rings. The Morgan fingerprint density at radius 2 is 1.41 bits per heavy atom. The van der Waals surface area contributed by atoms with Gasteiger partial charge < -0.3 is 29.9 Å². The number of hydrogen-bond acceptors (Lipinski definition) is 7. The van der Waals surface area contributed by atoms with Crippen LogP contribution in [0.1, 0.15) is 45.1 Å². The van der Waals surface area contributed by atoms with Crippen LogP contribution in [0.25, 0.3) is 12.2 Å². The Labute approximate surface area is 237 Å². The number of allylic oxidation sites excluding steroid dienone is 2. The molecule has 4 N–H and O–H groups in total. The topological polar surface area (TPSA) is 116 Å². The predicted octanol–water partition coefficient (Wildman–Crippen LogP) is 6.81. The minimum atomic E-state index is -0.480. The summed E-state index contributed by atoms with van der Waals surface area (Å²) in [6, 6.07) is 21.5. The molecule has 2 atom stereocenters. The highest BCUT2D eigenvalue weighted by molar-refractivity contribution is 6.11. The first-order valence-electron chi connectivity index (χ1n) is 13.2. The highest BCUT2D eigenvalue weighted by Gasteiger charge is 2.36. The minimum absolute atomic E-state index is 0.0395. The normalized spacial score (nSPS) is 16.4. The molecule has 1 aliphatic rings. The summed E-state index contributed by atoms with van der Waals surface area (Å²) in [6.07, 6.45) is 7.63. The third-order valence-corrected chi connectivity index (χ3v) is 7.11. The Hall–Kier alpha value is -5.17. The van der Waals surface area contributed by atoms with Gasteiger partial charge in [-0.05, 0) is 72.0 Å². The van der Waals surface area contributed by atoms with E-state index < -0.39 is 11.9 Å². The average molecular weight is 551 g/mol. The van der Waals surface area contributed by atoms with E-state index in [2.05, 4.69) is 0 Å². The van der Waals surface area contributed by atoms with Crippen molar-refractivity contribution in [3.05, 3.63) is 119 Å². The van der Waals surface area contributed by atoms with Gasteiger partial charge in [-0.1, -0.05) is 54.6 Å². The predicted molar refractivity (Wildman–Crippen MR) is 157 cm³/mol. The Morgan fingerprint density at radius 3 is 2.00 bits per heavy atom. The Kier molecular flexibility index (Phi) is 7.97. The molecule has 7 heteroatoms. The summed E-state index contributed by atoms with van der Waals surface area (Å²) in [7, 11) is 1.51. The fraction of sp³-hybridized carbons (Fsp3) is 0.147. The first-order valence-corrected chi connectivity index (χ1v) is 13.2. The molecule has 7 nitrogen and oxygen atoms in total. The van der Waals surface area contributed by atoms with Gasteiger partial charge in [0.05, 0.1) is 7.11 Å². The van der Waals surface area contributed by atoms with E-state index in [1.165, 1.54) is 31.4 Å². The zero-order valence-corrected chi connectivity index (χ0v) is 22.4. The molecule has 1 heterocycles. The van der Waals surface area contributed by atoms with Gasteiger partial charge in [-0.3, -0.25) is 4.79 Å². The number of carbonyl (C=O) groups is 1. The number of rotatable bonds is 8. The lowest BCUT2D eigenvalue weighted by atomic mass is 9.83. The smallest absolute Gasteiger partial charge is 0.193 e. The van der Waals surface area contributed by atoms with Crippen molar-refractivity contribution in [1.82, 2.24) is 0 Å². The van der Waals surface area contributed by atoms with Gasteiger partial charge in [-0.15, -0.1) is 0 Å². The van der Waals surface area contributed by atoms with Gasteiger partial charge in [0.1, 0.15) is 46.2 Å². The van der Waals surface area contributed by atoms with E-state index in [4.69, 9.17) is 9.47 Å². The molecule has 0 aliphatic carbocycles. The second-order valence-corrected chi connectivity index (χ2v) is 9.89. The summed E-state index contributed by atoms with van der Waals surface area (Å²) in [6.45, 7) is 0. The lowest BCUT2D eigenvalue weighted by molar-refractivity contribution is 0.0982. The van der Waals surface area contributed by atoms with Crippen LogP contribution in [0.15, 0.2) is 91.0 Å². The van der Waals surface area contributed by atoms with Crippen molar-refractivity contribution in [2.45, 2.75) is 18.9 Å². The van der Waals surface area contributed by atoms with E-state index in [0.29, 0.717) is 29.7 Å². The molecule has 2 unspecified atom stereocenters. The Morgan fingerprint density at radius 1 is 0.854 bits per heavy atom. The van der Waals surface area contributed by atoms with E-state index in [9.17, 15) is 25.2 Å². The second kappa shape index (κ2) is 11.9. The molecular formula is C34H30O7. The standard InChI is InChI=1S/C34H30O7/c1-40-31-20-30(39)32(29(38)18-9-22-7-14-26(36)15-8-22)34-28(31)19-24(4-2-3-21-5-12-25(35)13-6-21)33(41-34)23-10-16-27(37)17-11-23/h2-3,5-18,20,24,33,35-37,39H,4,19H2,1H3/b3-2+,18-9+. The quantitative estimate of drug-likeness (QED) is 0.141. The van der Waals surface area contributed by atoms with Crippen molar-refractivity contribution in [2.75, 3.05) is 7.11 Å². The first kappa shape index (κ1) is 27.4. The van der Waals surface area contributed by atoms with Crippen molar-refractivity contribution in [1.29, 1.82) is 0 Å². The molecule has 41 heavy (non-hydrogen) atoms. The van der Waals surface area contributed by atoms with Gasteiger partial charge in [-0.25, -0.2) is 0 Å². The van der Waals surface area contributed by atoms with Gasteiger partial charge in [0.2, 0.25) is 0 Å². The second-order valence-electron chi connectivity index (χ2n) is 9.89. The van der Waals surface area contributed by atoms with Crippen LogP contribution in [0.3, 0.4) is 0 Å². The van der Waals surface area contributed by atoms with Gasteiger partial charge in [0, 0.05) is 17.5 Å². The third-order valence-electron chi connectivity index (χ3n) is 7.11. The van der Waals surface area contributed by atoms with Crippen LogP contribution in [0, 0.1) is 5.92 Å². The zero-order valence-electron chi connectivity index (χ0n) is 22.4. The SMILES string of the molecule is COc1cc(O)c(C(=O)/C=C/c2ccc(O)cc2)c2c1CC(C/C=C/c1ccc(O)cc1)C(c1ccc(O)cc1)O2. The monoisotopic (exact) mass is 550 g/mol. The van der Waals surface area contributed by atoms with Gasteiger partial charge in [0.25, 0.3) is 0 Å². The van der Waals surface area contributed by atoms with Crippen LogP contribution >= 0.6 is 0 Å². The molecule has 0 saturated heterocycles. The molecule has 1 aliphatic heterocycles. The number of phenolic OH excluding ortho intramolecular Hbond substituents is 4. The summed E-state index contributed by atoms with van der Waals surface area (Å²) < 4.78 is 12.1. The summed E-state index contributed by atoms with van der Waals surface area (Å²) in [5.74, 6) is 0.382. The van der Waals surface area contributed by atoms with E-state index in [-0.39, 0.29) is 40.2 Å². The number of fused-ring (bicyclic) bond motifs is 1. The van der Waals surface area contributed by atoms with E-state index in [1.54, 1.807) is 54.6 Å². The average Bonchev–Trinajstić information content (AvgIpc) is 2.97. The number of aromatic hydroxyl groups is 4. The Balaban J connectivity index is 1.52.